The minimum Gasteiger partial charge on any atom is -0.339 e. The summed E-state index contributed by atoms with van der Waals surface area (Å²) in [6.07, 6.45) is 1.95. The molecule has 0 aliphatic carbocycles. The Hall–Kier alpha value is -2.50. The Balaban J connectivity index is 1.96. The Morgan fingerprint density at radius 3 is 2.38 bits per heavy atom. The summed E-state index contributed by atoms with van der Waals surface area (Å²) >= 11 is 0. The molecule has 2 aromatic carbocycles. The first kappa shape index (κ1) is 24.1. The highest BCUT2D eigenvalue weighted by Crippen LogP contribution is 2.33. The lowest BCUT2D eigenvalue weighted by Gasteiger charge is -2.47. The number of piperazine rings is 1. The van der Waals surface area contributed by atoms with Crippen molar-refractivity contribution >= 4 is 5.91 Å². The van der Waals surface area contributed by atoms with Gasteiger partial charge in [0, 0.05) is 50.4 Å². The van der Waals surface area contributed by atoms with E-state index < -0.39 is 0 Å². The van der Waals surface area contributed by atoms with E-state index in [1.165, 1.54) is 6.07 Å². The second-order valence-electron chi connectivity index (χ2n) is 8.69. The second-order valence-corrected chi connectivity index (χ2v) is 8.69. The van der Waals surface area contributed by atoms with Crippen molar-refractivity contribution in [1.29, 1.82) is 0 Å². The molecule has 2 aromatic rings. The quantitative estimate of drug-likeness (QED) is 0.545. The van der Waals surface area contributed by atoms with Crippen molar-refractivity contribution in [2.24, 2.45) is 0 Å². The number of carbonyl (C=O) groups is 1. The predicted molar refractivity (Wildman–Crippen MR) is 129 cm³/mol. The minimum atomic E-state index is -0.230. The van der Waals surface area contributed by atoms with Crippen LogP contribution in [-0.2, 0) is 0 Å². The molecule has 0 radical (unpaired) electrons. The topological polar surface area (TPSA) is 26.8 Å². The normalized spacial score (nSPS) is 20.7. The van der Waals surface area contributed by atoms with Gasteiger partial charge in [-0.2, -0.15) is 0 Å². The Bertz CT molecular complexity index is 909. The van der Waals surface area contributed by atoms with E-state index >= 15 is 0 Å². The maximum absolute atomic E-state index is 14.2. The zero-order valence-electron chi connectivity index (χ0n) is 19.8. The molecular weight excluding hydrogens is 401 g/mol. The predicted octanol–water partition coefficient (Wildman–Crippen LogP) is 4.98. The van der Waals surface area contributed by atoms with E-state index in [2.05, 4.69) is 30.2 Å². The SMILES string of the molecule is C=CCN1C[C@H](C)N([C@@H](c2ccc(C(=O)N(CC)CC)cc2)c2cccc(F)c2)C[C@H]1C. The zero-order chi connectivity index (χ0) is 23.3. The summed E-state index contributed by atoms with van der Waals surface area (Å²) in [5.74, 6) is -0.185. The highest BCUT2D eigenvalue weighted by molar-refractivity contribution is 5.94. The van der Waals surface area contributed by atoms with E-state index in [1.807, 2.05) is 55.2 Å². The van der Waals surface area contributed by atoms with Crippen LogP contribution in [0.5, 0.6) is 0 Å². The van der Waals surface area contributed by atoms with E-state index in [-0.39, 0.29) is 23.8 Å². The number of hydrogen-bond donors (Lipinski definition) is 0. The summed E-state index contributed by atoms with van der Waals surface area (Å²) in [5, 5.41) is 0. The van der Waals surface area contributed by atoms with Gasteiger partial charge in [-0.1, -0.05) is 30.3 Å². The molecule has 32 heavy (non-hydrogen) atoms. The molecule has 1 aliphatic rings. The molecule has 1 saturated heterocycles. The second kappa shape index (κ2) is 10.9. The lowest BCUT2D eigenvalue weighted by Crippen LogP contribution is -2.57. The van der Waals surface area contributed by atoms with Gasteiger partial charge in [-0.25, -0.2) is 4.39 Å². The molecular formula is C27H36FN3O. The van der Waals surface area contributed by atoms with Gasteiger partial charge in [0.15, 0.2) is 0 Å². The largest absolute Gasteiger partial charge is 0.339 e. The molecule has 0 spiro atoms. The van der Waals surface area contributed by atoms with Gasteiger partial charge in [-0.15, -0.1) is 6.58 Å². The van der Waals surface area contributed by atoms with E-state index in [1.54, 1.807) is 12.1 Å². The van der Waals surface area contributed by atoms with Crippen molar-refractivity contribution in [1.82, 2.24) is 14.7 Å². The van der Waals surface area contributed by atoms with Crippen LogP contribution >= 0.6 is 0 Å². The summed E-state index contributed by atoms with van der Waals surface area (Å²) < 4.78 is 14.2. The van der Waals surface area contributed by atoms with E-state index in [9.17, 15) is 9.18 Å². The average Bonchev–Trinajstić information content (AvgIpc) is 2.78. The molecule has 1 amide bonds. The fourth-order valence-electron chi connectivity index (χ4n) is 4.76. The average molecular weight is 438 g/mol. The van der Waals surface area contributed by atoms with Gasteiger partial charge in [-0.05, 0) is 63.1 Å². The highest BCUT2D eigenvalue weighted by Gasteiger charge is 2.34. The van der Waals surface area contributed by atoms with Crippen molar-refractivity contribution in [2.75, 3.05) is 32.7 Å². The summed E-state index contributed by atoms with van der Waals surface area (Å²) in [5.41, 5.74) is 2.69. The van der Waals surface area contributed by atoms with Gasteiger partial charge < -0.3 is 4.90 Å². The van der Waals surface area contributed by atoms with Crippen LogP contribution in [0.1, 0.15) is 55.2 Å². The molecule has 3 rings (SSSR count). The highest BCUT2D eigenvalue weighted by atomic mass is 19.1. The number of halogens is 1. The number of nitrogens with zero attached hydrogens (tertiary/aromatic N) is 3. The monoisotopic (exact) mass is 437 g/mol. The third-order valence-electron chi connectivity index (χ3n) is 6.55. The standard InChI is InChI=1S/C27H36FN3O/c1-6-16-30-18-21(5)31(19-20(30)4)26(24-10-9-11-25(28)17-24)22-12-14-23(15-13-22)27(32)29(7-2)8-3/h6,9-15,17,20-21,26H,1,7-8,16,18-19H2,2-5H3/t20-,21+,26+/m1/s1. The Morgan fingerprint density at radius 2 is 1.78 bits per heavy atom. The molecule has 0 bridgehead atoms. The molecule has 0 aromatic heterocycles. The summed E-state index contributed by atoms with van der Waals surface area (Å²) in [6, 6.07) is 15.3. The molecule has 4 nitrogen and oxygen atoms in total. The third kappa shape index (κ3) is 5.28. The smallest absolute Gasteiger partial charge is 0.253 e. The van der Waals surface area contributed by atoms with Crippen molar-refractivity contribution in [3.8, 4) is 0 Å². The Morgan fingerprint density at radius 1 is 1.09 bits per heavy atom. The molecule has 1 aliphatic heterocycles. The molecule has 172 valence electrons. The van der Waals surface area contributed by atoms with Crippen molar-refractivity contribution in [3.05, 3.63) is 83.7 Å². The Kier molecular flexibility index (Phi) is 8.21. The Labute approximate surface area is 192 Å². The first-order valence-electron chi connectivity index (χ1n) is 11.6. The molecule has 0 saturated carbocycles. The van der Waals surface area contributed by atoms with E-state index in [0.717, 1.165) is 30.8 Å². The van der Waals surface area contributed by atoms with Crippen LogP contribution in [0, 0.1) is 5.82 Å². The van der Waals surface area contributed by atoms with Crippen LogP contribution in [-0.4, -0.2) is 65.4 Å². The maximum atomic E-state index is 14.2. The summed E-state index contributed by atoms with van der Waals surface area (Å²) in [7, 11) is 0. The molecule has 1 fully saturated rings. The number of amides is 1. The van der Waals surface area contributed by atoms with Crippen LogP contribution in [0.25, 0.3) is 0 Å². The zero-order valence-corrected chi connectivity index (χ0v) is 19.8. The molecule has 0 N–H and O–H groups in total. The summed E-state index contributed by atoms with van der Waals surface area (Å²) in [4.78, 5) is 19.5. The minimum absolute atomic E-state index is 0.0453. The van der Waals surface area contributed by atoms with E-state index in [0.29, 0.717) is 24.7 Å². The number of benzene rings is 2. The van der Waals surface area contributed by atoms with Crippen LogP contribution in [0.3, 0.4) is 0 Å². The van der Waals surface area contributed by atoms with Crippen LogP contribution < -0.4 is 0 Å². The molecule has 1 heterocycles. The van der Waals surface area contributed by atoms with E-state index in [4.69, 9.17) is 0 Å². The van der Waals surface area contributed by atoms with Gasteiger partial charge in [-0.3, -0.25) is 14.6 Å². The number of carbonyl (C=O) groups excluding carboxylic acids is 1. The number of hydrogen-bond acceptors (Lipinski definition) is 3. The maximum Gasteiger partial charge on any atom is 0.253 e. The lowest BCUT2D eigenvalue weighted by atomic mass is 9.92. The molecule has 5 heteroatoms. The van der Waals surface area contributed by atoms with Crippen LogP contribution in [0.4, 0.5) is 4.39 Å². The van der Waals surface area contributed by atoms with Crippen molar-refractivity contribution in [3.63, 3.8) is 0 Å². The van der Waals surface area contributed by atoms with Gasteiger partial charge in [0.1, 0.15) is 5.82 Å². The molecule has 3 atom stereocenters. The van der Waals surface area contributed by atoms with Gasteiger partial charge >= 0.3 is 0 Å². The lowest BCUT2D eigenvalue weighted by molar-refractivity contribution is 0.0306. The number of rotatable bonds is 8. The van der Waals surface area contributed by atoms with Gasteiger partial charge in [0.25, 0.3) is 5.91 Å². The van der Waals surface area contributed by atoms with Gasteiger partial charge in [0.05, 0.1) is 6.04 Å². The first-order valence-corrected chi connectivity index (χ1v) is 11.6. The summed E-state index contributed by atoms with van der Waals surface area (Å²) in [6.45, 7) is 16.4. The fourth-order valence-corrected chi connectivity index (χ4v) is 4.76. The molecule has 0 unspecified atom stereocenters. The van der Waals surface area contributed by atoms with Crippen LogP contribution in [0.2, 0.25) is 0 Å². The first-order chi connectivity index (χ1) is 15.4. The van der Waals surface area contributed by atoms with Crippen molar-refractivity contribution < 1.29 is 9.18 Å². The van der Waals surface area contributed by atoms with Gasteiger partial charge in [0.2, 0.25) is 0 Å². The third-order valence-corrected chi connectivity index (χ3v) is 6.55. The fraction of sp³-hybridized carbons (Fsp3) is 0.444. The van der Waals surface area contributed by atoms with Crippen molar-refractivity contribution in [2.45, 2.75) is 45.8 Å². The van der Waals surface area contributed by atoms with Crippen LogP contribution in [0.15, 0.2) is 61.2 Å².